The van der Waals surface area contributed by atoms with Gasteiger partial charge in [0, 0.05) is 25.1 Å². The lowest BCUT2D eigenvalue weighted by atomic mass is 10.2. The van der Waals surface area contributed by atoms with Gasteiger partial charge >= 0.3 is 0 Å². The topological polar surface area (TPSA) is 59.2 Å². The number of aromatic nitrogens is 2. The maximum atomic E-state index is 13.8. The molecule has 3 rings (SSSR count). The summed E-state index contributed by atoms with van der Waals surface area (Å²) in [7, 11) is 0. The van der Waals surface area contributed by atoms with Crippen molar-refractivity contribution < 1.29 is 18.1 Å². The Morgan fingerprint density at radius 2 is 1.85 bits per heavy atom. The van der Waals surface area contributed by atoms with E-state index < -0.39 is 5.82 Å². The van der Waals surface area contributed by atoms with Crippen molar-refractivity contribution in [3.05, 3.63) is 66.1 Å². The van der Waals surface area contributed by atoms with Gasteiger partial charge in [0.2, 0.25) is 17.6 Å². The highest BCUT2D eigenvalue weighted by molar-refractivity contribution is 5.93. The molecule has 3 aromatic rings. The van der Waals surface area contributed by atoms with Crippen LogP contribution >= 0.6 is 0 Å². The van der Waals surface area contributed by atoms with Crippen LogP contribution in [0.15, 0.2) is 53.1 Å². The number of halogens is 2. The third-order valence-electron chi connectivity index (χ3n) is 3.89. The van der Waals surface area contributed by atoms with Gasteiger partial charge in [-0.2, -0.15) is 4.98 Å². The van der Waals surface area contributed by atoms with Crippen LogP contribution < -0.4 is 4.90 Å². The minimum absolute atomic E-state index is 0.143. The molecule has 5 nitrogen and oxygen atoms in total. The van der Waals surface area contributed by atoms with Crippen molar-refractivity contribution in [3.63, 3.8) is 0 Å². The zero-order valence-corrected chi connectivity index (χ0v) is 14.2. The second-order valence-electron chi connectivity index (χ2n) is 5.61. The zero-order chi connectivity index (χ0) is 18.5. The van der Waals surface area contributed by atoms with Crippen molar-refractivity contribution in [2.45, 2.75) is 19.8 Å². The minimum Gasteiger partial charge on any atom is -0.339 e. The van der Waals surface area contributed by atoms with Crippen LogP contribution in [0.3, 0.4) is 0 Å². The average molecular weight is 357 g/mol. The zero-order valence-electron chi connectivity index (χ0n) is 14.2. The molecule has 1 aromatic heterocycles. The fourth-order valence-corrected chi connectivity index (χ4v) is 2.58. The number of carbonyl (C=O) groups is 1. The SMILES string of the molecule is CCN(C(=O)CCc1nc(-c2ccccc2F)no1)c1ccc(F)cc1. The molecule has 0 atom stereocenters. The average Bonchev–Trinajstić information content (AvgIpc) is 3.11. The van der Waals surface area contributed by atoms with Crippen LogP contribution in [0, 0.1) is 11.6 Å². The Kier molecular flexibility index (Phi) is 5.36. The molecular weight excluding hydrogens is 340 g/mol. The lowest BCUT2D eigenvalue weighted by molar-refractivity contribution is -0.118. The molecule has 0 saturated heterocycles. The monoisotopic (exact) mass is 357 g/mol. The number of benzene rings is 2. The summed E-state index contributed by atoms with van der Waals surface area (Å²) in [6, 6.07) is 11.9. The van der Waals surface area contributed by atoms with Gasteiger partial charge in [0.1, 0.15) is 11.6 Å². The number of carbonyl (C=O) groups excluding carboxylic acids is 1. The number of hydrogen-bond donors (Lipinski definition) is 0. The van der Waals surface area contributed by atoms with Gasteiger partial charge in [-0.3, -0.25) is 4.79 Å². The lowest BCUT2D eigenvalue weighted by Gasteiger charge is -2.20. The predicted octanol–water partition coefficient (Wildman–Crippen LogP) is 4.00. The summed E-state index contributed by atoms with van der Waals surface area (Å²) in [6.45, 7) is 2.29. The lowest BCUT2D eigenvalue weighted by Crippen LogP contribution is -2.30. The molecule has 0 unspecified atom stereocenters. The molecule has 26 heavy (non-hydrogen) atoms. The molecule has 0 bridgehead atoms. The van der Waals surface area contributed by atoms with Crippen molar-refractivity contribution in [1.82, 2.24) is 10.1 Å². The largest absolute Gasteiger partial charge is 0.339 e. The minimum atomic E-state index is -0.440. The Labute approximate surface area is 149 Å². The standard InChI is InChI=1S/C19H17F2N3O2/c1-2-24(14-9-7-13(20)8-10-14)18(25)12-11-17-22-19(23-26-17)15-5-3-4-6-16(15)21/h3-10H,2,11-12H2,1H3. The van der Waals surface area contributed by atoms with Crippen LogP contribution in [0.25, 0.3) is 11.4 Å². The van der Waals surface area contributed by atoms with E-state index in [9.17, 15) is 13.6 Å². The first-order valence-corrected chi connectivity index (χ1v) is 8.22. The van der Waals surface area contributed by atoms with Crippen molar-refractivity contribution in [1.29, 1.82) is 0 Å². The molecule has 1 amide bonds. The number of anilines is 1. The highest BCUT2D eigenvalue weighted by Crippen LogP contribution is 2.20. The summed E-state index contributed by atoms with van der Waals surface area (Å²) in [5.74, 6) is -0.541. The van der Waals surface area contributed by atoms with E-state index >= 15 is 0 Å². The highest BCUT2D eigenvalue weighted by atomic mass is 19.1. The second-order valence-corrected chi connectivity index (χ2v) is 5.61. The van der Waals surface area contributed by atoms with Crippen LogP contribution in [0.2, 0.25) is 0 Å². The Hall–Kier alpha value is -3.09. The van der Waals surface area contributed by atoms with Gasteiger partial charge in [-0.05, 0) is 43.3 Å². The molecule has 0 fully saturated rings. The first kappa shape index (κ1) is 17.7. The summed E-state index contributed by atoms with van der Waals surface area (Å²) >= 11 is 0. The molecule has 0 saturated carbocycles. The second kappa shape index (κ2) is 7.86. The fourth-order valence-electron chi connectivity index (χ4n) is 2.58. The van der Waals surface area contributed by atoms with E-state index in [0.717, 1.165) is 0 Å². The van der Waals surface area contributed by atoms with Crippen molar-refractivity contribution >= 4 is 11.6 Å². The van der Waals surface area contributed by atoms with Crippen LogP contribution in [0.4, 0.5) is 14.5 Å². The third-order valence-corrected chi connectivity index (χ3v) is 3.89. The molecule has 0 N–H and O–H groups in total. The predicted molar refractivity (Wildman–Crippen MR) is 92.4 cm³/mol. The van der Waals surface area contributed by atoms with E-state index in [1.54, 1.807) is 35.2 Å². The first-order valence-electron chi connectivity index (χ1n) is 8.22. The molecule has 134 valence electrons. The van der Waals surface area contributed by atoms with Gasteiger partial charge in [0.05, 0.1) is 5.56 Å². The van der Waals surface area contributed by atoms with E-state index in [-0.39, 0.29) is 41.8 Å². The van der Waals surface area contributed by atoms with E-state index in [2.05, 4.69) is 10.1 Å². The van der Waals surface area contributed by atoms with Crippen LogP contribution in [-0.2, 0) is 11.2 Å². The molecule has 7 heteroatoms. The van der Waals surface area contributed by atoms with E-state index in [4.69, 9.17) is 4.52 Å². The Morgan fingerprint density at radius 1 is 1.12 bits per heavy atom. The van der Waals surface area contributed by atoms with Gasteiger partial charge < -0.3 is 9.42 Å². The molecule has 2 aromatic carbocycles. The number of amides is 1. The van der Waals surface area contributed by atoms with Gasteiger partial charge in [0.15, 0.2) is 0 Å². The summed E-state index contributed by atoms with van der Waals surface area (Å²) in [4.78, 5) is 18.1. The van der Waals surface area contributed by atoms with Gasteiger partial charge in [-0.1, -0.05) is 17.3 Å². The Bertz CT molecular complexity index is 894. The van der Waals surface area contributed by atoms with Crippen LogP contribution in [-0.4, -0.2) is 22.6 Å². The smallest absolute Gasteiger partial charge is 0.227 e. The van der Waals surface area contributed by atoms with Crippen molar-refractivity contribution in [2.24, 2.45) is 0 Å². The number of aryl methyl sites for hydroxylation is 1. The molecule has 0 aliphatic heterocycles. The van der Waals surface area contributed by atoms with E-state index in [0.29, 0.717) is 12.2 Å². The number of hydrogen-bond acceptors (Lipinski definition) is 4. The molecule has 0 spiro atoms. The molecule has 1 heterocycles. The molecule has 0 radical (unpaired) electrons. The van der Waals surface area contributed by atoms with Crippen molar-refractivity contribution in [2.75, 3.05) is 11.4 Å². The summed E-state index contributed by atoms with van der Waals surface area (Å²) in [5, 5.41) is 3.77. The summed E-state index contributed by atoms with van der Waals surface area (Å²) in [6.07, 6.45) is 0.377. The van der Waals surface area contributed by atoms with E-state index in [1.165, 1.54) is 18.2 Å². The third kappa shape index (κ3) is 3.93. The number of rotatable bonds is 6. The normalized spacial score (nSPS) is 10.7. The fraction of sp³-hybridized carbons (Fsp3) is 0.211. The van der Waals surface area contributed by atoms with Gasteiger partial charge in [-0.25, -0.2) is 8.78 Å². The quantitative estimate of drug-likeness (QED) is 0.669. The number of nitrogens with zero attached hydrogens (tertiary/aromatic N) is 3. The molecular formula is C19H17F2N3O2. The summed E-state index contributed by atoms with van der Waals surface area (Å²) < 4.78 is 31.9. The maximum Gasteiger partial charge on any atom is 0.227 e. The van der Waals surface area contributed by atoms with Gasteiger partial charge in [0.25, 0.3) is 0 Å². The first-order chi connectivity index (χ1) is 12.6. The molecule has 0 aliphatic carbocycles. The van der Waals surface area contributed by atoms with Gasteiger partial charge in [-0.15, -0.1) is 0 Å². The van der Waals surface area contributed by atoms with Crippen LogP contribution in [0.1, 0.15) is 19.2 Å². The Morgan fingerprint density at radius 3 is 2.54 bits per heavy atom. The van der Waals surface area contributed by atoms with Crippen molar-refractivity contribution in [3.8, 4) is 11.4 Å². The highest BCUT2D eigenvalue weighted by Gasteiger charge is 2.17. The summed E-state index contributed by atoms with van der Waals surface area (Å²) in [5.41, 5.74) is 0.867. The maximum absolute atomic E-state index is 13.8. The van der Waals surface area contributed by atoms with E-state index in [1.807, 2.05) is 6.92 Å². The van der Waals surface area contributed by atoms with Crippen LogP contribution in [0.5, 0.6) is 0 Å². The molecule has 0 aliphatic rings. The Balaban J connectivity index is 1.66.